The minimum Gasteiger partial charge on any atom is -0.491 e. The lowest BCUT2D eigenvalue weighted by Crippen LogP contribution is -2.34. The molecule has 16 nitrogen and oxygen atoms in total. The first kappa shape index (κ1) is 93.3. The van der Waals surface area contributed by atoms with Crippen molar-refractivity contribution in [1.29, 1.82) is 0 Å². The summed E-state index contributed by atoms with van der Waals surface area (Å²) in [6, 6.07) is 14.2. The number of carbonyl (C=O) groups excluding carboxylic acids is 5. The smallest absolute Gasteiger partial charge is 0.417 e. The Morgan fingerprint density at radius 2 is 0.788 bits per heavy atom. The molecule has 0 unspecified atom stereocenters. The predicted octanol–water partition coefficient (Wildman–Crippen LogP) is 17.9. The van der Waals surface area contributed by atoms with Crippen molar-refractivity contribution in [3.05, 3.63) is 195 Å². The Labute approximate surface area is 636 Å². The van der Waals surface area contributed by atoms with Crippen molar-refractivity contribution >= 4 is 80.2 Å². The van der Waals surface area contributed by atoms with Gasteiger partial charge in [0.05, 0.1) is 57.0 Å². The highest BCUT2D eigenvalue weighted by atomic mass is 35.5. The molecule has 0 spiro atoms. The molecule has 4 amide bonds. The van der Waals surface area contributed by atoms with E-state index in [2.05, 4.69) is 5.32 Å². The van der Waals surface area contributed by atoms with Gasteiger partial charge in [0, 0.05) is 104 Å². The molecule has 0 aliphatic carbocycles. The second-order valence-corrected chi connectivity index (χ2v) is 25.1. The number of aliphatic hydroxyl groups excluding tert-OH is 1. The predicted molar refractivity (Wildman–Crippen MR) is 374 cm³/mol. The molecular formula is C75H71ClF21N5O11. The number of aliphatic hydroxyl groups is 1. The fraction of sp³-hybridized carbons (Fsp3) is 0.360. The van der Waals surface area contributed by atoms with Gasteiger partial charge in [-0.05, 0) is 148 Å². The van der Waals surface area contributed by atoms with Crippen LogP contribution in [0.1, 0.15) is 125 Å². The molecule has 6 aromatic carbocycles. The summed E-state index contributed by atoms with van der Waals surface area (Å²) < 4.78 is 310. The highest BCUT2D eigenvalue weighted by Crippen LogP contribution is 2.49. The van der Waals surface area contributed by atoms with Crippen LogP contribution in [0.5, 0.6) is 17.2 Å². The van der Waals surface area contributed by atoms with Crippen LogP contribution in [0.3, 0.4) is 0 Å². The zero-order valence-corrected chi connectivity index (χ0v) is 59.6. The molecule has 0 saturated carbocycles. The number of aliphatic carboxylic acids is 1. The van der Waals surface area contributed by atoms with Crippen molar-refractivity contribution in [3.63, 3.8) is 0 Å². The van der Waals surface area contributed by atoms with Gasteiger partial charge in [-0.1, -0.05) is 14.4 Å². The van der Waals surface area contributed by atoms with Crippen molar-refractivity contribution in [2.45, 2.75) is 116 Å². The number of halogens is 22. The van der Waals surface area contributed by atoms with E-state index in [0.717, 1.165) is 93.6 Å². The molecule has 0 saturated heterocycles. The summed E-state index contributed by atoms with van der Waals surface area (Å²) in [6.07, 6.45) is -21.1. The van der Waals surface area contributed by atoms with E-state index in [4.69, 9.17) is 41.8 Å². The number of nitrogens with one attached hydrogen (secondary N) is 1. The molecule has 6 aromatic rings. The summed E-state index contributed by atoms with van der Waals surface area (Å²) >= 11 is 5.24. The van der Waals surface area contributed by atoms with Crippen molar-refractivity contribution < 1.29 is 145 Å². The lowest BCUT2D eigenvalue weighted by molar-refractivity contribution is -0.138. The summed E-state index contributed by atoms with van der Waals surface area (Å²) in [5.74, 6) is -21.8. The van der Waals surface area contributed by atoms with Crippen LogP contribution in [0.25, 0.3) is 16.7 Å². The van der Waals surface area contributed by atoms with Crippen LogP contribution in [-0.4, -0.2) is 140 Å². The van der Waals surface area contributed by atoms with Crippen molar-refractivity contribution in [2.24, 2.45) is 5.73 Å². The average molecular weight is 1650 g/mol. The number of allylic oxidation sites excluding steroid dienone is 4. The van der Waals surface area contributed by atoms with Gasteiger partial charge in [-0.25, -0.2) is 57.5 Å². The zero-order chi connectivity index (χ0) is 83.9. The normalized spacial score (nSPS) is 16.8. The quantitative estimate of drug-likeness (QED) is 0.0359. The molecule has 3 aliphatic rings. The maximum absolute atomic E-state index is 15.2. The Bertz CT molecular complexity index is 4320. The van der Waals surface area contributed by atoms with Gasteiger partial charge in [-0.3, -0.25) is 24.0 Å². The van der Waals surface area contributed by atoms with E-state index in [1.54, 1.807) is 6.92 Å². The van der Waals surface area contributed by atoms with Gasteiger partial charge in [-0.15, -0.1) is 0 Å². The van der Waals surface area contributed by atoms with Gasteiger partial charge < -0.3 is 50.2 Å². The topological polar surface area (TPSA) is 218 Å². The molecule has 38 heteroatoms. The Kier molecular flexibility index (Phi) is 32.2. The molecule has 0 bridgehead atoms. The van der Waals surface area contributed by atoms with Gasteiger partial charge >= 0.3 is 24.5 Å². The van der Waals surface area contributed by atoms with Crippen LogP contribution >= 0.6 is 11.6 Å². The summed E-state index contributed by atoms with van der Waals surface area (Å²) in [5.41, 5.74) is -7.85. The number of carboxylic acid groups (broad SMARTS) is 1. The summed E-state index contributed by atoms with van der Waals surface area (Å²) in [4.78, 5) is 76.6. The lowest BCUT2D eigenvalue weighted by Gasteiger charge is -2.25. The first-order valence-corrected chi connectivity index (χ1v) is 33.6. The number of carbonyl (C=O) groups is 6. The number of fused-ring (bicyclic) bond motifs is 3. The average Bonchev–Trinajstić information content (AvgIpc) is 1.68. The molecular weight excluding hydrogens is 1580 g/mol. The first-order valence-electron chi connectivity index (χ1n) is 33.2. The maximum Gasteiger partial charge on any atom is 0.417 e. The van der Waals surface area contributed by atoms with Crippen LogP contribution in [0.2, 0.25) is 0 Å². The highest BCUT2D eigenvalue weighted by molar-refractivity contribution is 6.67. The zero-order valence-electron chi connectivity index (χ0n) is 58.9. The van der Waals surface area contributed by atoms with E-state index in [9.17, 15) is 112 Å². The fourth-order valence-corrected chi connectivity index (χ4v) is 11.1. The number of nitrogens with two attached hydrogens (primary N) is 1. The summed E-state index contributed by atoms with van der Waals surface area (Å²) in [5, 5.41) is 17.9. The van der Waals surface area contributed by atoms with Gasteiger partial charge in [0.2, 0.25) is 11.1 Å². The van der Waals surface area contributed by atoms with E-state index in [1.807, 2.05) is 0 Å². The molecule has 3 aliphatic heterocycles. The minimum absolute atomic E-state index is 0. The Balaban J connectivity index is 0.000000294. The first-order chi connectivity index (χ1) is 52.1. The summed E-state index contributed by atoms with van der Waals surface area (Å²) in [6.45, 7) is 1.96. The third kappa shape index (κ3) is 24.8. The molecule has 0 aromatic heterocycles. The molecule has 5 N–H and O–H groups in total. The van der Waals surface area contributed by atoms with Gasteiger partial charge in [0.15, 0.2) is 0 Å². The van der Waals surface area contributed by atoms with Gasteiger partial charge in [0.25, 0.3) is 35.5 Å². The number of ether oxygens (including phenoxy) is 3. The van der Waals surface area contributed by atoms with Gasteiger partial charge in [-0.2, -0.15) is 39.5 Å². The van der Waals surface area contributed by atoms with Crippen molar-refractivity contribution in [3.8, 4) is 17.2 Å². The number of hydrogen-bond acceptors (Lipinski definition) is 11. The second kappa shape index (κ2) is 39.0. The van der Waals surface area contributed by atoms with Crippen LogP contribution in [0.15, 0.2) is 127 Å². The maximum atomic E-state index is 15.2. The molecule has 3 atom stereocenters. The molecule has 113 heavy (non-hydrogen) atoms. The minimum atomic E-state index is -5.07. The van der Waals surface area contributed by atoms with E-state index in [1.165, 1.54) is 0 Å². The van der Waals surface area contributed by atoms with Crippen LogP contribution < -0.4 is 40.0 Å². The number of nitrogens with zero attached hydrogens (tertiary/aromatic N) is 3. The second-order valence-electron chi connectivity index (χ2n) is 24.7. The highest BCUT2D eigenvalue weighted by Gasteiger charge is 2.48. The van der Waals surface area contributed by atoms with Gasteiger partial charge in [0.1, 0.15) is 73.0 Å². The number of carboxylic acids is 1. The molecule has 0 fully saturated rings. The Hall–Kier alpha value is -10.3. The van der Waals surface area contributed by atoms with Crippen LogP contribution in [0, 0.1) is 17.5 Å². The molecule has 616 valence electrons. The van der Waals surface area contributed by atoms with E-state index >= 15 is 8.78 Å². The third-order valence-corrected chi connectivity index (χ3v) is 16.1. The van der Waals surface area contributed by atoms with E-state index in [-0.39, 0.29) is 61.0 Å². The van der Waals surface area contributed by atoms with E-state index < -0.39 is 233 Å². The van der Waals surface area contributed by atoms with E-state index in [0.29, 0.717) is 76.2 Å². The number of amides is 4. The lowest BCUT2D eigenvalue weighted by atomic mass is 9.96. The van der Waals surface area contributed by atoms with Crippen molar-refractivity contribution in [1.82, 2.24) is 5.32 Å². The standard InChI is InChI=1S/C26H25F7N2O3.C23H17ClF7NO3.C23H18F7NO4.C2H7NO.CH4/c1-3-9-34-23(36)13-20-19-11-16(28)4-7-22(19)35(10-8-25(20,29)30)24(37)18-6-5-17(38-14-15(2)27)12-21(18)26(31,32)33;1-12(25)11-35-14-3-4-15(18(9-14)23(29,30)31)21(34)32-7-6-22(27,28)17(10-20(24)33)16-8-13(26)2-5-19(16)32;1-12(24)11-35-14-3-4-15(18(9-14)23(28,29)30)21(34)31-7-6-22(26,27)17(10-20(32)33)16-8-13(25)2-5-19(16)31;3-1-2-4;/h4-7,11-13,15H,3,8-10,14H2,1-2H3,(H,34,36);2-5,8-10,12H,6-7,11H2,1H3;2-5,8-10,12H,6-7,11H2,1H3,(H,32,33);4H,1-3H2;1H4/b20-13-;2*17-10-;;/t15-;2*12-;;/m111../s1. The number of benzene rings is 6. The molecule has 0 radical (unpaired) electrons. The fourth-order valence-electron chi connectivity index (χ4n) is 11.0. The Morgan fingerprint density at radius 3 is 1.04 bits per heavy atom. The Morgan fingerprint density at radius 1 is 0.504 bits per heavy atom. The number of anilines is 3. The van der Waals surface area contributed by atoms with Crippen molar-refractivity contribution in [2.75, 3.05) is 73.9 Å². The molecule has 3 heterocycles. The monoisotopic (exact) mass is 1650 g/mol. The third-order valence-electron chi connectivity index (χ3n) is 16.0. The number of rotatable bonds is 18. The number of alkyl halides is 18. The summed E-state index contributed by atoms with van der Waals surface area (Å²) in [7, 11) is 0. The van der Waals surface area contributed by atoms with Crippen LogP contribution in [-0.2, 0) is 32.9 Å². The SMILES string of the molecule is C.CCCNC(=O)/C=C1/c2cc(F)ccc2N(C(=O)c2ccc(OC[C@@H](C)F)cc2C(F)(F)F)CCC1(F)F.C[C@@H](F)COc1ccc(C(=O)N2CCC(F)(F)/C(=C\C(=O)Cl)c3cc(F)ccc32)c(C(F)(F)F)c1.C[C@@H](F)COc1ccc(C(=O)N2CCC(F)(F)/C(=C\C(=O)O)c3cc(F)ccc32)c(C(F)(F)F)c1.NCCO. The number of hydrogen-bond donors (Lipinski definition) is 4. The van der Waals surface area contributed by atoms with Crippen LogP contribution in [0.4, 0.5) is 109 Å². The largest absolute Gasteiger partial charge is 0.491 e. The molecule has 9 rings (SSSR count).